The summed E-state index contributed by atoms with van der Waals surface area (Å²) >= 11 is 0. The van der Waals surface area contributed by atoms with E-state index in [1.165, 1.54) is 23.3 Å². The van der Waals surface area contributed by atoms with Crippen LogP contribution in [0.5, 0.6) is 0 Å². The maximum Gasteiger partial charge on any atom is 0.159 e. The highest BCUT2D eigenvalue weighted by molar-refractivity contribution is 5.45. The lowest BCUT2D eigenvalue weighted by Gasteiger charge is -2.17. The van der Waals surface area contributed by atoms with E-state index < -0.39 is 11.6 Å². The van der Waals surface area contributed by atoms with Crippen molar-refractivity contribution in [2.75, 3.05) is 20.6 Å². The lowest BCUT2D eigenvalue weighted by atomic mass is 9.92. The number of hydrogen-bond donors (Lipinski definition) is 0. The lowest BCUT2D eigenvalue weighted by Crippen LogP contribution is -2.19. The molecule has 2 aromatic rings. The van der Waals surface area contributed by atoms with Crippen LogP contribution in [-0.4, -0.2) is 25.5 Å². The topological polar surface area (TPSA) is 3.24 Å². The number of benzene rings is 2. The van der Waals surface area contributed by atoms with E-state index in [1.807, 2.05) is 6.07 Å². The molecule has 3 heteroatoms. The number of hydrogen-bond acceptors (Lipinski definition) is 1. The van der Waals surface area contributed by atoms with Crippen LogP contribution < -0.4 is 0 Å². The summed E-state index contributed by atoms with van der Waals surface area (Å²) in [6, 6.07) is 12.6. The van der Waals surface area contributed by atoms with Crippen molar-refractivity contribution < 1.29 is 8.78 Å². The van der Waals surface area contributed by atoms with Gasteiger partial charge in [0, 0.05) is 12.5 Å². The molecular formula is C18H19F2N. The van der Waals surface area contributed by atoms with Crippen molar-refractivity contribution in [1.82, 2.24) is 4.90 Å². The molecule has 0 fully saturated rings. The second-order valence-electron chi connectivity index (χ2n) is 6.05. The fourth-order valence-corrected chi connectivity index (χ4v) is 3.40. The molecule has 0 saturated heterocycles. The van der Waals surface area contributed by atoms with Gasteiger partial charge in [-0.1, -0.05) is 30.3 Å². The third-order valence-corrected chi connectivity index (χ3v) is 4.26. The molecular weight excluding hydrogens is 268 g/mol. The molecule has 110 valence electrons. The molecule has 21 heavy (non-hydrogen) atoms. The Labute approximate surface area is 124 Å². The summed E-state index contributed by atoms with van der Waals surface area (Å²) in [5.41, 5.74) is 3.44. The molecule has 0 unspecified atom stereocenters. The van der Waals surface area contributed by atoms with Crippen molar-refractivity contribution >= 4 is 0 Å². The highest BCUT2D eigenvalue weighted by Gasteiger charge is 2.32. The van der Waals surface area contributed by atoms with Crippen LogP contribution in [0, 0.1) is 11.6 Å². The third kappa shape index (κ3) is 2.70. The molecule has 0 amide bonds. The van der Waals surface area contributed by atoms with E-state index in [4.69, 9.17) is 0 Å². The maximum atomic E-state index is 13.5. The third-order valence-electron chi connectivity index (χ3n) is 4.26. The first kappa shape index (κ1) is 14.2. The van der Waals surface area contributed by atoms with Crippen molar-refractivity contribution in [2.24, 2.45) is 0 Å². The molecule has 2 atom stereocenters. The van der Waals surface area contributed by atoms with E-state index in [0.29, 0.717) is 5.92 Å². The van der Waals surface area contributed by atoms with E-state index in [-0.39, 0.29) is 5.92 Å². The summed E-state index contributed by atoms with van der Waals surface area (Å²) in [6.45, 7) is 0.969. The van der Waals surface area contributed by atoms with Gasteiger partial charge in [0.1, 0.15) is 0 Å². The van der Waals surface area contributed by atoms with Gasteiger partial charge in [0.2, 0.25) is 0 Å². The van der Waals surface area contributed by atoms with Gasteiger partial charge in [-0.3, -0.25) is 0 Å². The number of fused-ring (bicyclic) bond motifs is 1. The number of nitrogens with zero attached hydrogens (tertiary/aromatic N) is 1. The molecule has 0 radical (unpaired) electrons. The Kier molecular flexibility index (Phi) is 3.77. The molecule has 1 aliphatic carbocycles. The quantitative estimate of drug-likeness (QED) is 0.820. The van der Waals surface area contributed by atoms with Gasteiger partial charge in [-0.2, -0.15) is 0 Å². The molecule has 1 aliphatic rings. The SMILES string of the molecule is CN(C)C[C@H]1C[C@@H](c2ccc(F)c(F)c2)c2ccccc21. The number of halogens is 2. The predicted molar refractivity (Wildman–Crippen MR) is 80.6 cm³/mol. The second-order valence-corrected chi connectivity index (χ2v) is 6.05. The van der Waals surface area contributed by atoms with E-state index in [1.54, 1.807) is 6.07 Å². The average Bonchev–Trinajstić information content (AvgIpc) is 2.80. The number of rotatable bonds is 3. The zero-order valence-electron chi connectivity index (χ0n) is 12.3. The Hall–Kier alpha value is -1.74. The molecule has 0 bridgehead atoms. The molecule has 0 aromatic heterocycles. The summed E-state index contributed by atoms with van der Waals surface area (Å²) in [7, 11) is 4.13. The predicted octanol–water partition coefficient (Wildman–Crippen LogP) is 4.15. The minimum Gasteiger partial charge on any atom is -0.309 e. The van der Waals surface area contributed by atoms with Gasteiger partial charge in [-0.05, 0) is 55.3 Å². The van der Waals surface area contributed by atoms with Crippen LogP contribution >= 0.6 is 0 Å². The van der Waals surface area contributed by atoms with Gasteiger partial charge >= 0.3 is 0 Å². The van der Waals surface area contributed by atoms with Crippen molar-refractivity contribution in [1.29, 1.82) is 0 Å². The van der Waals surface area contributed by atoms with Gasteiger partial charge in [-0.15, -0.1) is 0 Å². The second kappa shape index (κ2) is 5.57. The fraction of sp³-hybridized carbons (Fsp3) is 0.333. The average molecular weight is 287 g/mol. The van der Waals surface area contributed by atoms with Crippen LogP contribution in [0.3, 0.4) is 0 Å². The fourth-order valence-electron chi connectivity index (χ4n) is 3.40. The Morgan fingerprint density at radius 2 is 1.71 bits per heavy atom. The van der Waals surface area contributed by atoms with Gasteiger partial charge < -0.3 is 4.90 Å². The normalized spacial score (nSPS) is 20.8. The summed E-state index contributed by atoms with van der Waals surface area (Å²) in [5, 5.41) is 0. The zero-order chi connectivity index (χ0) is 15.0. The Bertz CT molecular complexity index is 651. The summed E-state index contributed by atoms with van der Waals surface area (Å²) in [6.07, 6.45) is 0.947. The standard InChI is InChI=1S/C18H19F2N/c1-21(2)11-13-9-16(15-6-4-3-5-14(13)15)12-7-8-17(19)18(20)10-12/h3-8,10,13,16H,9,11H2,1-2H3/t13-,16+/m1/s1. The summed E-state index contributed by atoms with van der Waals surface area (Å²) in [4.78, 5) is 2.18. The minimum atomic E-state index is -0.783. The van der Waals surface area contributed by atoms with Gasteiger partial charge in [0.25, 0.3) is 0 Å². The van der Waals surface area contributed by atoms with E-state index >= 15 is 0 Å². The summed E-state index contributed by atoms with van der Waals surface area (Å²) < 4.78 is 26.7. The van der Waals surface area contributed by atoms with Crippen LogP contribution in [0.1, 0.15) is 34.9 Å². The molecule has 2 aromatic carbocycles. The molecule has 0 heterocycles. The Morgan fingerprint density at radius 3 is 2.38 bits per heavy atom. The number of likely N-dealkylation sites (N-methyl/N-ethyl adjacent to an activating group) is 1. The highest BCUT2D eigenvalue weighted by Crippen LogP contribution is 2.45. The van der Waals surface area contributed by atoms with E-state index in [2.05, 4.69) is 37.2 Å². The van der Waals surface area contributed by atoms with Gasteiger partial charge in [-0.25, -0.2) is 8.78 Å². The first-order valence-corrected chi connectivity index (χ1v) is 7.24. The Morgan fingerprint density at radius 1 is 1.00 bits per heavy atom. The van der Waals surface area contributed by atoms with Crippen LogP contribution in [0.15, 0.2) is 42.5 Å². The molecule has 0 N–H and O–H groups in total. The van der Waals surface area contributed by atoms with Crippen LogP contribution in [0.2, 0.25) is 0 Å². The molecule has 0 aliphatic heterocycles. The van der Waals surface area contributed by atoms with Crippen molar-refractivity contribution in [3.63, 3.8) is 0 Å². The summed E-state index contributed by atoms with van der Waals surface area (Å²) in [5.74, 6) is -0.952. The van der Waals surface area contributed by atoms with Gasteiger partial charge in [0.05, 0.1) is 0 Å². The van der Waals surface area contributed by atoms with Crippen LogP contribution in [-0.2, 0) is 0 Å². The van der Waals surface area contributed by atoms with E-state index in [0.717, 1.165) is 18.5 Å². The minimum absolute atomic E-state index is 0.154. The van der Waals surface area contributed by atoms with Crippen LogP contribution in [0.4, 0.5) is 8.78 Å². The van der Waals surface area contributed by atoms with Crippen molar-refractivity contribution in [3.05, 3.63) is 70.8 Å². The van der Waals surface area contributed by atoms with Crippen molar-refractivity contribution in [3.8, 4) is 0 Å². The lowest BCUT2D eigenvalue weighted by molar-refractivity contribution is 0.368. The highest BCUT2D eigenvalue weighted by atomic mass is 19.2. The molecule has 3 rings (SSSR count). The molecule has 0 saturated carbocycles. The van der Waals surface area contributed by atoms with Crippen LogP contribution in [0.25, 0.3) is 0 Å². The zero-order valence-corrected chi connectivity index (χ0v) is 12.3. The molecule has 1 nitrogen and oxygen atoms in total. The largest absolute Gasteiger partial charge is 0.309 e. The smallest absolute Gasteiger partial charge is 0.159 e. The van der Waals surface area contributed by atoms with Crippen molar-refractivity contribution in [2.45, 2.75) is 18.3 Å². The van der Waals surface area contributed by atoms with Gasteiger partial charge in [0.15, 0.2) is 11.6 Å². The maximum absolute atomic E-state index is 13.5. The van der Waals surface area contributed by atoms with E-state index in [9.17, 15) is 8.78 Å². The monoisotopic (exact) mass is 287 g/mol. The first-order chi connectivity index (χ1) is 10.1. The Balaban J connectivity index is 1.99. The first-order valence-electron chi connectivity index (χ1n) is 7.24. The molecule has 0 spiro atoms.